The van der Waals surface area contributed by atoms with Gasteiger partial charge in [-0.3, -0.25) is 4.68 Å². The lowest BCUT2D eigenvalue weighted by Crippen LogP contribution is -2.08. The summed E-state index contributed by atoms with van der Waals surface area (Å²) < 4.78 is 2.69. The highest BCUT2D eigenvalue weighted by molar-refractivity contribution is 9.10. The number of aryl methyl sites for hydroxylation is 1. The molecule has 3 nitrogen and oxygen atoms in total. The predicted octanol–water partition coefficient (Wildman–Crippen LogP) is 2.18. The lowest BCUT2D eigenvalue weighted by Gasteiger charge is -2.01. The Bertz CT molecular complexity index is 296. The fourth-order valence-electron chi connectivity index (χ4n) is 1.00. The summed E-state index contributed by atoms with van der Waals surface area (Å²) in [6.07, 6.45) is 5.72. The van der Waals surface area contributed by atoms with Gasteiger partial charge in [-0.05, 0) is 22.9 Å². The second-order valence-electron chi connectivity index (χ2n) is 2.59. The van der Waals surface area contributed by atoms with E-state index in [0.717, 1.165) is 10.2 Å². The van der Waals surface area contributed by atoms with Crippen LogP contribution in [0.25, 0.3) is 0 Å². The van der Waals surface area contributed by atoms with Crippen molar-refractivity contribution < 1.29 is 0 Å². The highest BCUT2D eigenvalue weighted by Gasteiger charge is 2.09. The molecule has 0 saturated carbocycles. The van der Waals surface area contributed by atoms with Crippen LogP contribution in [0.5, 0.6) is 0 Å². The highest BCUT2D eigenvalue weighted by atomic mass is 79.9. The topological polar surface area (TPSA) is 43.8 Å². The van der Waals surface area contributed by atoms with Crippen molar-refractivity contribution in [2.24, 2.45) is 12.8 Å². The molecule has 0 radical (unpaired) electrons. The Balaban J connectivity index is 0.00000144. The largest absolute Gasteiger partial charge is 0.319 e. The molecule has 1 heterocycles. The summed E-state index contributed by atoms with van der Waals surface area (Å²) in [6.45, 7) is 1.94. The Kier molecular flexibility index (Phi) is 5.29. The molecule has 1 atom stereocenters. The molecule has 0 spiro atoms. The average molecular weight is 267 g/mol. The quantitative estimate of drug-likeness (QED) is 0.834. The van der Waals surface area contributed by atoms with Crippen molar-refractivity contribution in [2.75, 3.05) is 0 Å². The van der Waals surface area contributed by atoms with Gasteiger partial charge in [-0.1, -0.05) is 12.2 Å². The lowest BCUT2D eigenvalue weighted by atomic mass is 10.2. The average Bonchev–Trinajstić information content (AvgIpc) is 2.30. The molecule has 2 N–H and O–H groups in total. The number of halogens is 2. The van der Waals surface area contributed by atoms with Crippen molar-refractivity contribution in [3.63, 3.8) is 0 Å². The Labute approximate surface area is 92.5 Å². The highest BCUT2D eigenvalue weighted by Crippen LogP contribution is 2.20. The molecule has 0 aromatic carbocycles. The molecule has 0 bridgehead atoms. The van der Waals surface area contributed by atoms with Gasteiger partial charge in [-0.15, -0.1) is 12.4 Å². The van der Waals surface area contributed by atoms with Gasteiger partial charge in [-0.25, -0.2) is 0 Å². The summed E-state index contributed by atoms with van der Waals surface area (Å²) in [5.74, 6) is 0. The van der Waals surface area contributed by atoms with Crippen LogP contribution in [-0.2, 0) is 7.05 Å². The Morgan fingerprint density at radius 3 is 2.69 bits per heavy atom. The Morgan fingerprint density at radius 2 is 2.31 bits per heavy atom. The van der Waals surface area contributed by atoms with E-state index in [0.29, 0.717) is 0 Å². The van der Waals surface area contributed by atoms with Crippen molar-refractivity contribution in [1.29, 1.82) is 0 Å². The number of nitrogens with zero attached hydrogens (tertiary/aromatic N) is 2. The zero-order valence-electron chi connectivity index (χ0n) is 7.57. The van der Waals surface area contributed by atoms with Crippen LogP contribution in [0.2, 0.25) is 0 Å². The fraction of sp³-hybridized carbons (Fsp3) is 0.375. The zero-order chi connectivity index (χ0) is 9.14. The van der Waals surface area contributed by atoms with Crippen LogP contribution in [0.4, 0.5) is 0 Å². The third-order valence-corrected chi connectivity index (χ3v) is 2.14. The van der Waals surface area contributed by atoms with E-state index in [1.807, 2.05) is 32.3 Å². The van der Waals surface area contributed by atoms with Gasteiger partial charge < -0.3 is 5.73 Å². The number of hydrogen-bond acceptors (Lipinski definition) is 2. The number of rotatable bonds is 2. The second-order valence-corrected chi connectivity index (χ2v) is 3.44. The van der Waals surface area contributed by atoms with E-state index in [-0.39, 0.29) is 18.4 Å². The lowest BCUT2D eigenvalue weighted by molar-refractivity contribution is 0.723. The fourth-order valence-corrected chi connectivity index (χ4v) is 1.64. The predicted molar refractivity (Wildman–Crippen MR) is 59.9 cm³/mol. The minimum absolute atomic E-state index is 0. The third-order valence-electron chi connectivity index (χ3n) is 1.53. The molecule has 0 aliphatic heterocycles. The van der Waals surface area contributed by atoms with Gasteiger partial charge in [0.25, 0.3) is 0 Å². The summed E-state index contributed by atoms with van der Waals surface area (Å²) >= 11 is 3.39. The summed E-state index contributed by atoms with van der Waals surface area (Å²) in [6, 6.07) is -0.120. The number of aromatic nitrogens is 2. The van der Waals surface area contributed by atoms with Gasteiger partial charge in [0.05, 0.1) is 16.2 Å². The van der Waals surface area contributed by atoms with E-state index in [4.69, 9.17) is 5.73 Å². The first-order chi connectivity index (χ1) is 5.65. The molecule has 5 heteroatoms. The number of nitrogens with two attached hydrogens (primary N) is 1. The van der Waals surface area contributed by atoms with E-state index in [2.05, 4.69) is 21.0 Å². The summed E-state index contributed by atoms with van der Waals surface area (Å²) in [4.78, 5) is 0. The molecule has 1 rings (SSSR count). The SMILES string of the molecule is C/C=C/C(N)c1nn(C)cc1Br.Cl. The monoisotopic (exact) mass is 265 g/mol. The van der Waals surface area contributed by atoms with Crippen LogP contribution in [0.15, 0.2) is 22.8 Å². The smallest absolute Gasteiger partial charge is 0.0972 e. The molecule has 1 unspecified atom stereocenters. The van der Waals surface area contributed by atoms with Crippen molar-refractivity contribution in [3.05, 3.63) is 28.5 Å². The number of hydrogen-bond donors (Lipinski definition) is 1. The number of allylic oxidation sites excluding steroid dienone is 1. The summed E-state index contributed by atoms with van der Waals surface area (Å²) in [7, 11) is 1.87. The molecular formula is C8H13BrClN3. The van der Waals surface area contributed by atoms with Crippen LogP contribution in [0.1, 0.15) is 18.7 Å². The van der Waals surface area contributed by atoms with Crippen LogP contribution < -0.4 is 5.73 Å². The minimum atomic E-state index is -0.120. The molecule has 0 aliphatic carbocycles. The first-order valence-electron chi connectivity index (χ1n) is 3.72. The van der Waals surface area contributed by atoms with Crippen molar-refractivity contribution >= 4 is 28.3 Å². The zero-order valence-corrected chi connectivity index (χ0v) is 9.97. The maximum Gasteiger partial charge on any atom is 0.0972 e. The van der Waals surface area contributed by atoms with Crippen molar-refractivity contribution in [1.82, 2.24) is 9.78 Å². The molecule has 74 valence electrons. The van der Waals surface area contributed by atoms with E-state index >= 15 is 0 Å². The Morgan fingerprint density at radius 1 is 1.69 bits per heavy atom. The molecule has 0 saturated heterocycles. The standard InChI is InChI=1S/C8H12BrN3.ClH/c1-3-4-7(10)8-6(9)5-12(2)11-8;/h3-5,7H,10H2,1-2H3;1H/b4-3+;. The van der Waals surface area contributed by atoms with E-state index in [1.54, 1.807) is 4.68 Å². The van der Waals surface area contributed by atoms with E-state index in [9.17, 15) is 0 Å². The first kappa shape index (κ1) is 12.7. The van der Waals surface area contributed by atoms with Gasteiger partial charge in [0.2, 0.25) is 0 Å². The first-order valence-corrected chi connectivity index (χ1v) is 4.52. The Hall–Kier alpha value is -0.320. The normalized spacial score (nSPS) is 12.9. The molecule has 1 aromatic heterocycles. The van der Waals surface area contributed by atoms with Crippen LogP contribution >= 0.6 is 28.3 Å². The maximum absolute atomic E-state index is 5.83. The van der Waals surface area contributed by atoms with E-state index < -0.39 is 0 Å². The molecule has 0 aliphatic rings. The molecule has 0 amide bonds. The molecule has 1 aromatic rings. The van der Waals surface area contributed by atoms with Crippen LogP contribution in [-0.4, -0.2) is 9.78 Å². The molecule has 0 fully saturated rings. The third kappa shape index (κ3) is 3.14. The van der Waals surface area contributed by atoms with Crippen LogP contribution in [0, 0.1) is 0 Å². The van der Waals surface area contributed by atoms with Gasteiger partial charge in [0.1, 0.15) is 0 Å². The second kappa shape index (κ2) is 5.42. The van der Waals surface area contributed by atoms with Gasteiger partial charge in [0, 0.05) is 13.2 Å². The molecular weight excluding hydrogens is 253 g/mol. The van der Waals surface area contributed by atoms with Crippen LogP contribution in [0.3, 0.4) is 0 Å². The van der Waals surface area contributed by atoms with E-state index in [1.165, 1.54) is 0 Å². The molecule has 13 heavy (non-hydrogen) atoms. The van der Waals surface area contributed by atoms with Gasteiger partial charge in [-0.2, -0.15) is 5.10 Å². The summed E-state index contributed by atoms with van der Waals surface area (Å²) in [5.41, 5.74) is 6.70. The van der Waals surface area contributed by atoms with Crippen molar-refractivity contribution in [2.45, 2.75) is 13.0 Å². The minimum Gasteiger partial charge on any atom is -0.319 e. The maximum atomic E-state index is 5.83. The van der Waals surface area contributed by atoms with Gasteiger partial charge >= 0.3 is 0 Å². The van der Waals surface area contributed by atoms with Gasteiger partial charge in [0.15, 0.2) is 0 Å². The van der Waals surface area contributed by atoms with Crippen molar-refractivity contribution in [3.8, 4) is 0 Å². The summed E-state index contributed by atoms with van der Waals surface area (Å²) in [5, 5.41) is 4.22.